The van der Waals surface area contributed by atoms with Crippen LogP contribution in [-0.4, -0.2) is 37.2 Å². The van der Waals surface area contributed by atoms with Crippen LogP contribution in [0, 0.1) is 10.1 Å². The summed E-state index contributed by atoms with van der Waals surface area (Å²) >= 11 is 0. The molecule has 2 rings (SSSR count). The van der Waals surface area contributed by atoms with Gasteiger partial charge in [0, 0.05) is 24.6 Å². The smallest absolute Gasteiger partial charge is 0.273 e. The van der Waals surface area contributed by atoms with Gasteiger partial charge in [-0.3, -0.25) is 19.7 Å². The van der Waals surface area contributed by atoms with Gasteiger partial charge < -0.3 is 19.9 Å². The monoisotopic (exact) mass is 415 g/mol. The number of methoxy groups -OCH3 is 2. The Morgan fingerprint density at radius 1 is 1.10 bits per heavy atom. The van der Waals surface area contributed by atoms with Gasteiger partial charge >= 0.3 is 0 Å². The van der Waals surface area contributed by atoms with E-state index in [1.807, 2.05) is 0 Å². The minimum Gasteiger partial charge on any atom is -0.870 e. The first-order valence-electron chi connectivity index (χ1n) is 8.63. The maximum Gasteiger partial charge on any atom is 0.273 e. The van der Waals surface area contributed by atoms with Crippen LogP contribution in [0.3, 0.4) is 0 Å². The summed E-state index contributed by atoms with van der Waals surface area (Å²) in [5.41, 5.74) is 2.24. The highest BCUT2D eigenvalue weighted by Crippen LogP contribution is 2.31. The number of nitrogens with one attached hydrogen (secondary N) is 2. The fourth-order valence-corrected chi connectivity index (χ4v) is 2.32. The second kappa shape index (κ2) is 10.4. The maximum atomic E-state index is 12.1. The minimum atomic E-state index is -0.681. The lowest BCUT2D eigenvalue weighted by atomic mass is 10.2. The van der Waals surface area contributed by atoms with Crippen LogP contribution in [0.15, 0.2) is 41.5 Å². The van der Waals surface area contributed by atoms with E-state index in [0.29, 0.717) is 11.4 Å². The number of non-ortho nitro benzene ring substituents is 1. The van der Waals surface area contributed by atoms with E-state index < -0.39 is 16.6 Å². The Bertz CT molecular complexity index is 958. The maximum absolute atomic E-state index is 12.1. The number of carbonyl (C=O) groups excluding carboxylic acids is 2. The Balaban J connectivity index is 1.88. The van der Waals surface area contributed by atoms with Gasteiger partial charge in [-0.15, -0.1) is 0 Å². The summed E-state index contributed by atoms with van der Waals surface area (Å²) < 4.78 is 9.84. The highest BCUT2D eigenvalue weighted by Gasteiger charge is 2.11. The molecular formula is C19H19N4O7-. The first kappa shape index (κ1) is 22.1. The van der Waals surface area contributed by atoms with Crippen molar-refractivity contribution in [1.82, 2.24) is 5.43 Å². The first-order valence-corrected chi connectivity index (χ1v) is 8.63. The third-order valence-electron chi connectivity index (χ3n) is 3.84. The molecule has 0 atom stereocenters. The number of hydrogen-bond acceptors (Lipinski definition) is 8. The van der Waals surface area contributed by atoms with Crippen molar-refractivity contribution in [3.05, 3.63) is 52.1 Å². The summed E-state index contributed by atoms with van der Waals surface area (Å²) in [6, 6.07) is 8.71. The number of nitrogens with zero attached hydrogens (tertiary/aromatic N) is 2. The van der Waals surface area contributed by atoms with Crippen LogP contribution >= 0.6 is 0 Å². The van der Waals surface area contributed by atoms with E-state index in [-0.39, 0.29) is 35.7 Å². The van der Waals surface area contributed by atoms with Gasteiger partial charge in [0.2, 0.25) is 11.8 Å². The summed E-state index contributed by atoms with van der Waals surface area (Å²) in [4.78, 5) is 34.0. The van der Waals surface area contributed by atoms with Crippen molar-refractivity contribution in [2.24, 2.45) is 5.10 Å². The number of anilines is 1. The molecule has 158 valence electrons. The zero-order valence-electron chi connectivity index (χ0n) is 16.2. The molecule has 0 aromatic heterocycles. The quantitative estimate of drug-likeness (QED) is 0.357. The molecule has 2 aromatic rings. The molecule has 0 heterocycles. The average Bonchev–Trinajstić information content (AvgIpc) is 2.73. The van der Waals surface area contributed by atoms with Gasteiger partial charge in [0.05, 0.1) is 31.4 Å². The van der Waals surface area contributed by atoms with Gasteiger partial charge in [0.15, 0.2) is 0 Å². The van der Waals surface area contributed by atoms with Crippen molar-refractivity contribution in [2.75, 3.05) is 19.5 Å². The van der Waals surface area contributed by atoms with Crippen molar-refractivity contribution < 1.29 is 29.1 Å². The third kappa shape index (κ3) is 6.19. The molecular weight excluding hydrogens is 396 g/mol. The summed E-state index contributed by atoms with van der Waals surface area (Å²) in [5.74, 6) is -1.12. The molecule has 30 heavy (non-hydrogen) atoms. The van der Waals surface area contributed by atoms with E-state index in [1.165, 1.54) is 14.2 Å². The number of carbonyl (C=O) groups is 2. The summed E-state index contributed by atoms with van der Waals surface area (Å²) in [5, 5.41) is 29.2. The van der Waals surface area contributed by atoms with Crippen molar-refractivity contribution in [3.63, 3.8) is 0 Å². The number of nitro groups is 1. The summed E-state index contributed by atoms with van der Waals surface area (Å²) in [6.07, 6.45) is 0.736. The van der Waals surface area contributed by atoms with E-state index in [1.54, 1.807) is 24.3 Å². The molecule has 0 fully saturated rings. The van der Waals surface area contributed by atoms with E-state index in [2.05, 4.69) is 15.8 Å². The summed E-state index contributed by atoms with van der Waals surface area (Å²) in [7, 11) is 2.74. The second-order valence-corrected chi connectivity index (χ2v) is 5.89. The molecule has 0 saturated carbocycles. The lowest BCUT2D eigenvalue weighted by Crippen LogP contribution is -2.20. The van der Waals surface area contributed by atoms with Gasteiger partial charge in [-0.2, -0.15) is 5.10 Å². The zero-order valence-corrected chi connectivity index (χ0v) is 16.2. The Morgan fingerprint density at radius 3 is 2.37 bits per heavy atom. The number of hydrazone groups is 1. The molecule has 2 amide bonds. The molecule has 2 aromatic carbocycles. The zero-order chi connectivity index (χ0) is 22.1. The topological polar surface area (TPSA) is 155 Å². The van der Waals surface area contributed by atoms with Crippen LogP contribution in [0.2, 0.25) is 0 Å². The normalized spacial score (nSPS) is 10.5. The molecule has 0 aliphatic heterocycles. The molecule has 0 radical (unpaired) electrons. The number of amides is 2. The molecule has 11 heteroatoms. The largest absolute Gasteiger partial charge is 0.870 e. The number of nitro benzene ring substituents is 1. The Hall–Kier alpha value is -4.15. The lowest BCUT2D eigenvalue weighted by molar-refractivity contribution is -0.385. The van der Waals surface area contributed by atoms with Crippen molar-refractivity contribution in [3.8, 4) is 17.2 Å². The van der Waals surface area contributed by atoms with E-state index in [9.17, 15) is 24.8 Å². The number of rotatable bonds is 9. The first-order chi connectivity index (χ1) is 14.3. The molecule has 11 nitrogen and oxygen atoms in total. The predicted octanol–water partition coefficient (Wildman–Crippen LogP) is 1.55. The van der Waals surface area contributed by atoms with Crippen LogP contribution in [-0.2, 0) is 9.59 Å². The fourth-order valence-electron chi connectivity index (χ4n) is 2.32. The van der Waals surface area contributed by atoms with Crippen molar-refractivity contribution in [1.29, 1.82) is 0 Å². The van der Waals surface area contributed by atoms with Crippen molar-refractivity contribution in [2.45, 2.75) is 12.8 Å². The average molecular weight is 415 g/mol. The van der Waals surface area contributed by atoms with Crippen LogP contribution in [0.4, 0.5) is 11.4 Å². The number of ether oxygens (including phenoxy) is 2. The molecule has 0 saturated heterocycles. The highest BCUT2D eigenvalue weighted by molar-refractivity contribution is 5.93. The van der Waals surface area contributed by atoms with Crippen LogP contribution in [0.5, 0.6) is 17.2 Å². The lowest BCUT2D eigenvalue weighted by Gasteiger charge is -2.14. The molecule has 0 aliphatic rings. The standard InChI is InChI=1S/C19H20N4O7/c1-29-15-5-3-13(4-6-15)21-17(24)7-8-18(25)22-20-11-12-9-14(23(27)28)10-16(30-2)19(12)26/h3-6,9-11,26H,7-8H2,1-2H3,(H,21,24)(H,22,25)/p-1/b20-11-. The Labute approximate surface area is 171 Å². The molecule has 0 spiro atoms. The number of benzene rings is 2. The van der Waals surface area contributed by atoms with E-state index in [0.717, 1.165) is 18.3 Å². The SMILES string of the molecule is COc1ccc(NC(=O)CCC(=O)N/N=C\c2cc([N+](=O)[O-])cc(OC)c2[O-])cc1. The number of hydrogen-bond donors (Lipinski definition) is 2. The van der Waals surface area contributed by atoms with Gasteiger partial charge in [-0.05, 0) is 29.8 Å². The second-order valence-electron chi connectivity index (χ2n) is 5.89. The van der Waals surface area contributed by atoms with E-state index in [4.69, 9.17) is 9.47 Å². The fraction of sp³-hybridized carbons (Fsp3) is 0.211. The van der Waals surface area contributed by atoms with Gasteiger partial charge in [0.25, 0.3) is 5.69 Å². The Kier molecular flexibility index (Phi) is 7.68. The van der Waals surface area contributed by atoms with Gasteiger partial charge in [-0.25, -0.2) is 5.43 Å². The van der Waals surface area contributed by atoms with Gasteiger partial charge in [-0.1, -0.05) is 5.75 Å². The Morgan fingerprint density at radius 2 is 1.77 bits per heavy atom. The van der Waals surface area contributed by atoms with Gasteiger partial charge in [0.1, 0.15) is 11.5 Å². The molecule has 2 N–H and O–H groups in total. The highest BCUT2D eigenvalue weighted by atomic mass is 16.6. The van der Waals surface area contributed by atoms with Crippen molar-refractivity contribution >= 4 is 29.4 Å². The third-order valence-corrected chi connectivity index (χ3v) is 3.84. The van der Waals surface area contributed by atoms with Crippen LogP contribution in [0.1, 0.15) is 18.4 Å². The van der Waals surface area contributed by atoms with E-state index >= 15 is 0 Å². The van der Waals surface area contributed by atoms with Crippen LogP contribution < -0.4 is 25.3 Å². The summed E-state index contributed by atoms with van der Waals surface area (Å²) in [6.45, 7) is 0. The predicted molar refractivity (Wildman–Crippen MR) is 106 cm³/mol. The minimum absolute atomic E-state index is 0.0924. The molecule has 0 bridgehead atoms. The molecule has 0 unspecified atom stereocenters. The molecule has 0 aliphatic carbocycles. The van der Waals surface area contributed by atoms with Crippen LogP contribution in [0.25, 0.3) is 0 Å².